The molecule has 5 nitrogen and oxygen atoms in total. The topological polar surface area (TPSA) is 56.7 Å². The highest BCUT2D eigenvalue weighted by atomic mass is 35.5. The Morgan fingerprint density at radius 1 is 1.28 bits per heavy atom. The largest absolute Gasteiger partial charge is 0.508 e. The number of nitrogens with zero attached hydrogens (tertiary/aromatic N) is 3. The first-order valence-electron chi connectivity index (χ1n) is 9.74. The number of hydrogen-bond acceptors (Lipinski definition) is 4. The molecule has 0 atom stereocenters. The van der Waals surface area contributed by atoms with Crippen molar-refractivity contribution in [2.24, 2.45) is 0 Å². The first kappa shape index (κ1) is 20.2. The molecule has 2 aromatic rings. The maximum absolute atomic E-state index is 11.7. The van der Waals surface area contributed by atoms with Gasteiger partial charge in [0, 0.05) is 50.2 Å². The summed E-state index contributed by atoms with van der Waals surface area (Å²) in [6, 6.07) is 5.72. The van der Waals surface area contributed by atoms with E-state index in [-0.39, 0.29) is 11.7 Å². The van der Waals surface area contributed by atoms with Crippen LogP contribution in [0.25, 0.3) is 0 Å². The third-order valence-corrected chi connectivity index (χ3v) is 6.60. The van der Waals surface area contributed by atoms with Crippen LogP contribution in [0.4, 0.5) is 0 Å². The lowest BCUT2D eigenvalue weighted by Gasteiger charge is -2.46. The van der Waals surface area contributed by atoms with E-state index in [1.54, 1.807) is 6.07 Å². The molecule has 1 aromatic carbocycles. The molecule has 152 valence electrons. The zero-order valence-corrected chi connectivity index (χ0v) is 17.6. The number of aryl methyl sites for hydroxylation is 2. The van der Waals surface area contributed by atoms with Crippen LogP contribution in [0.15, 0.2) is 37.1 Å². The first-order chi connectivity index (χ1) is 14.0. The molecular formula is C22H23Cl2N3O2. The number of phenolic OH excluding ortho intramolecular Hbond substituents is 1. The van der Waals surface area contributed by atoms with Crippen LogP contribution in [0.1, 0.15) is 22.4 Å². The van der Waals surface area contributed by atoms with Gasteiger partial charge in [0.2, 0.25) is 5.91 Å². The van der Waals surface area contributed by atoms with Crippen molar-refractivity contribution in [3.63, 3.8) is 0 Å². The molecule has 0 spiro atoms. The van der Waals surface area contributed by atoms with E-state index < -0.39 is 0 Å². The number of carbonyl (C=O) groups is 1. The van der Waals surface area contributed by atoms with Crippen LogP contribution in [-0.2, 0) is 30.6 Å². The van der Waals surface area contributed by atoms with Crippen LogP contribution >= 0.6 is 23.2 Å². The number of benzene rings is 1. The van der Waals surface area contributed by atoms with E-state index >= 15 is 0 Å². The molecule has 1 fully saturated rings. The number of likely N-dealkylation sites (tertiary alicyclic amines) is 1. The maximum Gasteiger partial charge on any atom is 0.246 e. The molecule has 3 heterocycles. The number of carbonyl (C=O) groups excluding carboxylic acids is 1. The van der Waals surface area contributed by atoms with Crippen molar-refractivity contribution in [2.75, 3.05) is 19.6 Å². The predicted molar refractivity (Wildman–Crippen MR) is 114 cm³/mol. The number of fused-ring (bicyclic) bond motifs is 1. The average molecular weight is 432 g/mol. The minimum atomic E-state index is 0.00991. The summed E-state index contributed by atoms with van der Waals surface area (Å²) < 4.78 is 0. The van der Waals surface area contributed by atoms with Crippen LogP contribution in [-0.4, -0.2) is 51.5 Å². The van der Waals surface area contributed by atoms with Crippen molar-refractivity contribution in [1.82, 2.24) is 14.8 Å². The van der Waals surface area contributed by atoms with Gasteiger partial charge >= 0.3 is 0 Å². The zero-order valence-electron chi connectivity index (χ0n) is 16.1. The standard InChI is InChI=1S/C22H23Cl2N3O2/c1-2-22(29)27-12-16(13-27)26-8-6-17-15(11-26)5-7-25-20(17)4-3-14-9-18(23)19(24)10-21(14)28/h2,5,7,9-10,16,28H,1,3-4,6,8,11-13H2. The molecule has 2 aliphatic heterocycles. The molecule has 0 aliphatic carbocycles. The van der Waals surface area contributed by atoms with Gasteiger partial charge in [0.25, 0.3) is 0 Å². The van der Waals surface area contributed by atoms with Gasteiger partial charge in [-0.3, -0.25) is 14.7 Å². The zero-order chi connectivity index (χ0) is 20.5. The fraction of sp³-hybridized carbons (Fsp3) is 0.364. The number of aromatic hydroxyl groups is 1. The van der Waals surface area contributed by atoms with Gasteiger partial charge in [-0.05, 0) is 54.2 Å². The Kier molecular flexibility index (Phi) is 5.81. The molecule has 0 saturated carbocycles. The summed E-state index contributed by atoms with van der Waals surface area (Å²) in [6.45, 7) is 6.94. The van der Waals surface area contributed by atoms with Gasteiger partial charge in [-0.1, -0.05) is 29.8 Å². The number of hydrogen-bond donors (Lipinski definition) is 1. The molecule has 0 bridgehead atoms. The summed E-state index contributed by atoms with van der Waals surface area (Å²) >= 11 is 12.0. The lowest BCUT2D eigenvalue weighted by molar-refractivity contribution is -0.133. The molecule has 0 unspecified atom stereocenters. The first-order valence-corrected chi connectivity index (χ1v) is 10.5. The molecule has 1 N–H and O–H groups in total. The second kappa shape index (κ2) is 8.34. The summed E-state index contributed by atoms with van der Waals surface area (Å²) in [6.07, 6.45) is 5.57. The lowest BCUT2D eigenvalue weighted by atomic mass is 9.93. The highest BCUT2D eigenvalue weighted by Gasteiger charge is 2.35. The molecule has 1 aromatic heterocycles. The Bertz CT molecular complexity index is 957. The van der Waals surface area contributed by atoms with E-state index in [2.05, 4.69) is 22.5 Å². The van der Waals surface area contributed by atoms with Crippen LogP contribution in [0.5, 0.6) is 5.75 Å². The number of halogens is 2. The molecular weight excluding hydrogens is 409 g/mol. The van der Waals surface area contributed by atoms with Crippen molar-refractivity contribution in [1.29, 1.82) is 0 Å². The fourth-order valence-corrected chi connectivity index (χ4v) is 4.48. The SMILES string of the molecule is C=CC(=O)N1CC(N2CCc3c(ccnc3CCc3cc(Cl)c(Cl)cc3O)C2)C1. The van der Waals surface area contributed by atoms with Crippen molar-refractivity contribution < 1.29 is 9.90 Å². The van der Waals surface area contributed by atoms with E-state index in [0.717, 1.165) is 50.3 Å². The Hall–Kier alpha value is -2.08. The summed E-state index contributed by atoms with van der Waals surface area (Å²) in [5.41, 5.74) is 4.46. The number of pyridine rings is 1. The van der Waals surface area contributed by atoms with Crippen molar-refractivity contribution in [3.8, 4) is 5.75 Å². The maximum atomic E-state index is 11.7. The van der Waals surface area contributed by atoms with Crippen molar-refractivity contribution in [2.45, 2.75) is 31.8 Å². The monoisotopic (exact) mass is 431 g/mol. The van der Waals surface area contributed by atoms with Gasteiger partial charge in [0.1, 0.15) is 5.75 Å². The van der Waals surface area contributed by atoms with Crippen LogP contribution in [0, 0.1) is 0 Å². The molecule has 29 heavy (non-hydrogen) atoms. The lowest BCUT2D eigenvalue weighted by Crippen LogP contribution is -2.61. The third-order valence-electron chi connectivity index (χ3n) is 5.88. The van der Waals surface area contributed by atoms with Gasteiger partial charge in [-0.15, -0.1) is 0 Å². The van der Waals surface area contributed by atoms with Crippen LogP contribution < -0.4 is 0 Å². The number of amides is 1. The summed E-state index contributed by atoms with van der Waals surface area (Å²) in [7, 11) is 0. The highest BCUT2D eigenvalue weighted by Crippen LogP contribution is 2.31. The van der Waals surface area contributed by atoms with Crippen LogP contribution in [0.3, 0.4) is 0 Å². The molecule has 4 rings (SSSR count). The second-order valence-corrected chi connectivity index (χ2v) is 8.43. The van der Waals surface area contributed by atoms with Gasteiger partial charge in [-0.25, -0.2) is 0 Å². The predicted octanol–water partition coefficient (Wildman–Crippen LogP) is 3.63. The Balaban J connectivity index is 1.42. The number of rotatable bonds is 5. The van der Waals surface area contributed by atoms with E-state index in [0.29, 0.717) is 22.5 Å². The van der Waals surface area contributed by atoms with E-state index in [4.69, 9.17) is 23.2 Å². The average Bonchev–Trinajstić information content (AvgIpc) is 2.68. The van der Waals surface area contributed by atoms with Crippen molar-refractivity contribution >= 4 is 29.1 Å². The highest BCUT2D eigenvalue weighted by molar-refractivity contribution is 6.42. The molecule has 2 aliphatic rings. The van der Waals surface area contributed by atoms with Gasteiger partial charge < -0.3 is 10.0 Å². The normalized spacial score (nSPS) is 17.0. The Labute approximate surface area is 180 Å². The minimum absolute atomic E-state index is 0.00991. The number of phenols is 1. The van der Waals surface area contributed by atoms with Crippen LogP contribution in [0.2, 0.25) is 10.0 Å². The Morgan fingerprint density at radius 2 is 2.03 bits per heavy atom. The molecule has 7 heteroatoms. The van der Waals surface area contributed by atoms with E-state index in [1.807, 2.05) is 11.1 Å². The summed E-state index contributed by atoms with van der Waals surface area (Å²) in [5, 5.41) is 10.9. The minimum Gasteiger partial charge on any atom is -0.508 e. The fourth-order valence-electron chi connectivity index (χ4n) is 4.14. The summed E-state index contributed by atoms with van der Waals surface area (Å²) in [5.74, 6) is 0.176. The Morgan fingerprint density at radius 3 is 2.79 bits per heavy atom. The summed E-state index contributed by atoms with van der Waals surface area (Å²) in [4.78, 5) is 20.5. The molecule has 1 saturated heterocycles. The quantitative estimate of drug-likeness (QED) is 0.734. The van der Waals surface area contributed by atoms with Gasteiger partial charge in [-0.2, -0.15) is 0 Å². The molecule has 1 amide bonds. The van der Waals surface area contributed by atoms with Crippen molar-refractivity contribution in [3.05, 3.63) is 69.5 Å². The third kappa shape index (κ3) is 4.13. The molecule has 0 radical (unpaired) electrons. The van der Waals surface area contributed by atoms with Gasteiger partial charge in [0.05, 0.1) is 10.0 Å². The van der Waals surface area contributed by atoms with Gasteiger partial charge in [0.15, 0.2) is 0 Å². The smallest absolute Gasteiger partial charge is 0.246 e. The van der Waals surface area contributed by atoms with E-state index in [9.17, 15) is 9.90 Å². The second-order valence-electron chi connectivity index (χ2n) is 7.61. The van der Waals surface area contributed by atoms with E-state index in [1.165, 1.54) is 23.3 Å². The number of aromatic nitrogens is 1.